The highest BCUT2D eigenvalue weighted by Gasteiger charge is 2.16. The molecular formula is C21H27NO2. The Bertz CT molecular complexity index is 639. The molecule has 2 atom stereocenters. The lowest BCUT2D eigenvalue weighted by Gasteiger charge is -2.18. The highest BCUT2D eigenvalue weighted by atomic mass is 16.5. The van der Waals surface area contributed by atoms with Crippen LogP contribution in [0.5, 0.6) is 5.75 Å². The lowest BCUT2D eigenvalue weighted by atomic mass is 9.93. The van der Waals surface area contributed by atoms with Crippen LogP contribution < -0.4 is 10.1 Å². The summed E-state index contributed by atoms with van der Waals surface area (Å²) in [6, 6.07) is 18.3. The van der Waals surface area contributed by atoms with Gasteiger partial charge in [0.15, 0.2) is 0 Å². The van der Waals surface area contributed by atoms with E-state index in [1.54, 1.807) is 7.11 Å². The summed E-state index contributed by atoms with van der Waals surface area (Å²) >= 11 is 0. The van der Waals surface area contributed by atoms with Crippen molar-refractivity contribution in [2.24, 2.45) is 0 Å². The van der Waals surface area contributed by atoms with E-state index in [9.17, 15) is 4.79 Å². The predicted octanol–water partition coefficient (Wildman–Crippen LogP) is 4.33. The molecule has 0 heterocycles. The summed E-state index contributed by atoms with van der Waals surface area (Å²) in [5.74, 6) is 1.23. The summed E-state index contributed by atoms with van der Waals surface area (Å²) in [4.78, 5) is 12.4. The van der Waals surface area contributed by atoms with Crippen molar-refractivity contribution in [3.05, 3.63) is 65.7 Å². The van der Waals surface area contributed by atoms with Crippen LogP contribution in [0.4, 0.5) is 0 Å². The lowest BCUT2D eigenvalue weighted by molar-refractivity contribution is -0.122. The summed E-state index contributed by atoms with van der Waals surface area (Å²) in [5, 5.41) is 3.12. The highest BCUT2D eigenvalue weighted by Crippen LogP contribution is 2.23. The van der Waals surface area contributed by atoms with Gasteiger partial charge in [0.1, 0.15) is 5.75 Å². The van der Waals surface area contributed by atoms with Crippen LogP contribution in [0, 0.1) is 0 Å². The molecule has 0 radical (unpaired) electrons. The minimum atomic E-state index is 0.0953. The normalized spacial score (nSPS) is 13.1. The van der Waals surface area contributed by atoms with Crippen molar-refractivity contribution in [1.29, 1.82) is 0 Å². The molecule has 0 bridgehead atoms. The fourth-order valence-electron chi connectivity index (χ4n) is 2.98. The Morgan fingerprint density at radius 3 is 2.54 bits per heavy atom. The van der Waals surface area contributed by atoms with E-state index in [1.165, 1.54) is 5.56 Å². The molecule has 1 N–H and O–H groups in total. The third-order valence-corrected chi connectivity index (χ3v) is 4.28. The standard InChI is InChI=1S/C21H27NO2/c1-4-18(19-10-6-5-7-11-19)15-21(23)22-16(2)13-17-9-8-12-20(14-17)24-3/h5-12,14,16,18H,4,13,15H2,1-3H3,(H,22,23). The zero-order chi connectivity index (χ0) is 17.4. The average molecular weight is 325 g/mol. The van der Waals surface area contributed by atoms with Crippen LogP contribution in [0.3, 0.4) is 0 Å². The Hall–Kier alpha value is -2.29. The number of amides is 1. The molecule has 2 aromatic rings. The van der Waals surface area contributed by atoms with Crippen molar-refractivity contribution in [2.75, 3.05) is 7.11 Å². The van der Waals surface area contributed by atoms with Crippen LogP contribution in [0.25, 0.3) is 0 Å². The molecule has 0 saturated heterocycles. The molecule has 3 heteroatoms. The van der Waals surface area contributed by atoms with Crippen LogP contribution in [0.2, 0.25) is 0 Å². The number of benzene rings is 2. The number of rotatable bonds is 8. The zero-order valence-corrected chi connectivity index (χ0v) is 14.8. The summed E-state index contributed by atoms with van der Waals surface area (Å²) in [5.41, 5.74) is 2.40. The first-order chi connectivity index (χ1) is 11.6. The Labute approximate surface area is 145 Å². The van der Waals surface area contributed by atoms with E-state index in [2.05, 4.69) is 30.4 Å². The Morgan fingerprint density at radius 2 is 1.88 bits per heavy atom. The van der Waals surface area contributed by atoms with E-state index in [-0.39, 0.29) is 17.9 Å². The number of ether oxygens (including phenoxy) is 1. The maximum atomic E-state index is 12.4. The summed E-state index contributed by atoms with van der Waals surface area (Å²) < 4.78 is 5.25. The van der Waals surface area contributed by atoms with Crippen LogP contribution in [0.1, 0.15) is 43.7 Å². The highest BCUT2D eigenvalue weighted by molar-refractivity contribution is 5.77. The molecule has 0 saturated carbocycles. The lowest BCUT2D eigenvalue weighted by Crippen LogP contribution is -2.34. The largest absolute Gasteiger partial charge is 0.497 e. The molecule has 0 aromatic heterocycles. The van der Waals surface area contributed by atoms with Crippen LogP contribution >= 0.6 is 0 Å². The molecule has 24 heavy (non-hydrogen) atoms. The molecular weight excluding hydrogens is 298 g/mol. The van der Waals surface area contributed by atoms with Gasteiger partial charge in [0.2, 0.25) is 5.91 Å². The molecule has 0 aliphatic heterocycles. The summed E-state index contributed by atoms with van der Waals surface area (Å²) in [7, 11) is 1.67. The Kier molecular flexibility index (Phi) is 6.86. The van der Waals surface area contributed by atoms with Gasteiger partial charge in [-0.1, -0.05) is 49.4 Å². The maximum absolute atomic E-state index is 12.4. The molecule has 2 rings (SSSR count). The van der Waals surface area contributed by atoms with Gasteiger partial charge in [-0.3, -0.25) is 4.79 Å². The molecule has 3 nitrogen and oxygen atoms in total. The first-order valence-corrected chi connectivity index (χ1v) is 8.59. The summed E-state index contributed by atoms with van der Waals surface area (Å²) in [6.45, 7) is 4.17. The molecule has 128 valence electrons. The molecule has 2 aromatic carbocycles. The van der Waals surface area contributed by atoms with Crippen LogP contribution in [-0.2, 0) is 11.2 Å². The van der Waals surface area contributed by atoms with Gasteiger partial charge >= 0.3 is 0 Å². The Balaban J connectivity index is 1.88. The van der Waals surface area contributed by atoms with Gasteiger partial charge in [-0.25, -0.2) is 0 Å². The van der Waals surface area contributed by atoms with E-state index in [1.807, 2.05) is 43.3 Å². The van der Waals surface area contributed by atoms with Crippen LogP contribution in [0.15, 0.2) is 54.6 Å². The van der Waals surface area contributed by atoms with Crippen molar-refractivity contribution < 1.29 is 9.53 Å². The number of carbonyl (C=O) groups excluding carboxylic acids is 1. The second kappa shape index (κ2) is 9.11. The zero-order valence-electron chi connectivity index (χ0n) is 14.8. The predicted molar refractivity (Wildman–Crippen MR) is 98.4 cm³/mol. The van der Waals surface area contributed by atoms with Crippen molar-refractivity contribution in [1.82, 2.24) is 5.32 Å². The first kappa shape index (κ1) is 18.1. The second-order valence-corrected chi connectivity index (χ2v) is 6.24. The monoisotopic (exact) mass is 325 g/mol. The molecule has 2 unspecified atom stereocenters. The molecule has 0 spiro atoms. The number of carbonyl (C=O) groups is 1. The van der Waals surface area contributed by atoms with Gasteiger partial charge < -0.3 is 10.1 Å². The van der Waals surface area contributed by atoms with E-state index in [4.69, 9.17) is 4.74 Å². The topological polar surface area (TPSA) is 38.3 Å². The van der Waals surface area contributed by atoms with Gasteiger partial charge in [-0.05, 0) is 48.9 Å². The van der Waals surface area contributed by atoms with Gasteiger partial charge in [0, 0.05) is 12.5 Å². The van der Waals surface area contributed by atoms with Crippen molar-refractivity contribution >= 4 is 5.91 Å². The van der Waals surface area contributed by atoms with Gasteiger partial charge in [-0.15, -0.1) is 0 Å². The third-order valence-electron chi connectivity index (χ3n) is 4.28. The van der Waals surface area contributed by atoms with Gasteiger partial charge in [-0.2, -0.15) is 0 Å². The molecule has 0 aliphatic carbocycles. The van der Waals surface area contributed by atoms with E-state index in [0.717, 1.165) is 24.2 Å². The van der Waals surface area contributed by atoms with Gasteiger partial charge in [0.25, 0.3) is 0 Å². The first-order valence-electron chi connectivity index (χ1n) is 8.59. The van der Waals surface area contributed by atoms with E-state index in [0.29, 0.717) is 6.42 Å². The minimum Gasteiger partial charge on any atom is -0.497 e. The third kappa shape index (κ3) is 5.41. The second-order valence-electron chi connectivity index (χ2n) is 6.24. The van der Waals surface area contributed by atoms with Crippen molar-refractivity contribution in [3.8, 4) is 5.75 Å². The molecule has 1 amide bonds. The number of hydrogen-bond donors (Lipinski definition) is 1. The maximum Gasteiger partial charge on any atom is 0.220 e. The Morgan fingerprint density at radius 1 is 1.12 bits per heavy atom. The summed E-state index contributed by atoms with van der Waals surface area (Å²) in [6.07, 6.45) is 2.29. The number of methoxy groups -OCH3 is 1. The molecule has 0 aliphatic rings. The smallest absolute Gasteiger partial charge is 0.220 e. The SMILES string of the molecule is CCC(CC(=O)NC(C)Cc1cccc(OC)c1)c1ccccc1. The van der Waals surface area contributed by atoms with E-state index >= 15 is 0 Å². The number of hydrogen-bond acceptors (Lipinski definition) is 2. The quantitative estimate of drug-likeness (QED) is 0.784. The van der Waals surface area contributed by atoms with Crippen molar-refractivity contribution in [2.45, 2.75) is 45.1 Å². The number of nitrogens with one attached hydrogen (secondary N) is 1. The minimum absolute atomic E-state index is 0.0953. The fraction of sp³-hybridized carbons (Fsp3) is 0.381. The van der Waals surface area contributed by atoms with Crippen LogP contribution in [-0.4, -0.2) is 19.1 Å². The fourth-order valence-corrected chi connectivity index (χ4v) is 2.98. The van der Waals surface area contributed by atoms with E-state index < -0.39 is 0 Å². The van der Waals surface area contributed by atoms with Gasteiger partial charge in [0.05, 0.1) is 7.11 Å². The molecule has 0 fully saturated rings. The average Bonchev–Trinajstić information content (AvgIpc) is 2.60. The van der Waals surface area contributed by atoms with Crippen molar-refractivity contribution in [3.63, 3.8) is 0 Å².